The van der Waals surface area contributed by atoms with Crippen molar-refractivity contribution in [3.63, 3.8) is 0 Å². The van der Waals surface area contributed by atoms with E-state index in [0.717, 1.165) is 6.29 Å². The molecule has 10 heavy (non-hydrogen) atoms. The molecule has 3 nitrogen and oxygen atoms in total. The van der Waals surface area contributed by atoms with Crippen LogP contribution in [0.1, 0.15) is 13.8 Å². The van der Waals surface area contributed by atoms with Crippen LogP contribution < -0.4 is 0 Å². The zero-order valence-electron chi connectivity index (χ0n) is 6.09. The first-order valence-electron chi connectivity index (χ1n) is 3.10. The molecular weight excluding hydrogens is 132 g/mol. The maximum atomic E-state index is 10.4. The number of carbonyl (C=O) groups excluding carboxylic acids is 1. The predicted molar refractivity (Wildman–Crippen MR) is 35.3 cm³/mol. The number of allylic oxidation sites excluding steroid dienone is 1. The minimum absolute atomic E-state index is 0.304. The predicted octanol–water partition coefficient (Wildman–Crippen LogP) is 0.852. The maximum absolute atomic E-state index is 10.4. The first kappa shape index (κ1) is 7.12. The van der Waals surface area contributed by atoms with E-state index in [-0.39, 0.29) is 0 Å². The van der Waals surface area contributed by atoms with E-state index in [2.05, 4.69) is 0 Å². The first-order valence-corrected chi connectivity index (χ1v) is 3.10. The second-order valence-electron chi connectivity index (χ2n) is 2.57. The fourth-order valence-electron chi connectivity index (χ4n) is 0.605. The molecule has 0 aromatic heterocycles. The van der Waals surface area contributed by atoms with Crippen LogP contribution in [-0.2, 0) is 14.3 Å². The zero-order valence-corrected chi connectivity index (χ0v) is 6.09. The fourth-order valence-corrected chi connectivity index (χ4v) is 0.605. The zero-order chi connectivity index (χ0) is 7.61. The lowest BCUT2D eigenvalue weighted by Crippen LogP contribution is -2.36. The quantitative estimate of drug-likeness (QED) is 0.509. The number of carbonyl (C=O) groups is 1. The average Bonchev–Trinajstić information content (AvgIpc) is 1.96. The van der Waals surface area contributed by atoms with Crippen LogP contribution in [0.4, 0.5) is 0 Å². The van der Waals surface area contributed by atoms with Crippen LogP contribution in [0.15, 0.2) is 12.0 Å². The molecule has 0 aromatic rings. The number of ether oxygens (including phenoxy) is 2. The summed E-state index contributed by atoms with van der Waals surface area (Å²) in [5, 5.41) is 0. The van der Waals surface area contributed by atoms with Gasteiger partial charge in [0.15, 0.2) is 11.9 Å². The molecule has 0 N–H and O–H groups in total. The van der Waals surface area contributed by atoms with E-state index in [1.165, 1.54) is 6.26 Å². The largest absolute Gasteiger partial charge is 0.490 e. The molecule has 0 aromatic carbocycles. The minimum atomic E-state index is -0.778. The Morgan fingerprint density at radius 1 is 1.80 bits per heavy atom. The Labute approximate surface area is 59.6 Å². The summed E-state index contributed by atoms with van der Waals surface area (Å²) in [6.45, 7) is 3.77. The van der Waals surface area contributed by atoms with Gasteiger partial charge in [-0.05, 0) is 13.8 Å². The Morgan fingerprint density at radius 3 is 2.90 bits per heavy atom. The van der Waals surface area contributed by atoms with E-state index in [4.69, 9.17) is 9.47 Å². The van der Waals surface area contributed by atoms with Gasteiger partial charge in [-0.2, -0.15) is 0 Å². The SMILES string of the molecule is CC1=CO[C@](C)(C=O)CO1. The van der Waals surface area contributed by atoms with Crippen molar-refractivity contribution >= 4 is 6.29 Å². The second kappa shape index (κ2) is 2.33. The number of aldehydes is 1. The lowest BCUT2D eigenvalue weighted by Gasteiger charge is -2.27. The second-order valence-corrected chi connectivity index (χ2v) is 2.57. The van der Waals surface area contributed by atoms with E-state index in [9.17, 15) is 4.79 Å². The van der Waals surface area contributed by atoms with Crippen LogP contribution in [-0.4, -0.2) is 18.5 Å². The summed E-state index contributed by atoms with van der Waals surface area (Å²) >= 11 is 0. The van der Waals surface area contributed by atoms with Gasteiger partial charge in [0.2, 0.25) is 0 Å². The molecule has 1 atom stereocenters. The van der Waals surface area contributed by atoms with Crippen LogP contribution in [0.5, 0.6) is 0 Å². The molecule has 0 bridgehead atoms. The van der Waals surface area contributed by atoms with Gasteiger partial charge in [0.05, 0.1) is 0 Å². The van der Waals surface area contributed by atoms with Crippen molar-refractivity contribution in [2.45, 2.75) is 19.4 Å². The van der Waals surface area contributed by atoms with Gasteiger partial charge in [-0.3, -0.25) is 4.79 Å². The van der Waals surface area contributed by atoms with Gasteiger partial charge in [-0.25, -0.2) is 0 Å². The molecule has 0 aliphatic carbocycles. The molecule has 56 valence electrons. The van der Waals surface area contributed by atoms with Crippen molar-refractivity contribution in [1.29, 1.82) is 0 Å². The Kier molecular flexibility index (Phi) is 1.66. The summed E-state index contributed by atoms with van der Waals surface area (Å²) in [7, 11) is 0. The van der Waals surface area contributed by atoms with E-state index in [1.807, 2.05) is 0 Å². The van der Waals surface area contributed by atoms with Crippen molar-refractivity contribution in [2.24, 2.45) is 0 Å². The maximum Gasteiger partial charge on any atom is 0.194 e. The molecule has 0 saturated carbocycles. The Bertz CT molecular complexity index is 174. The molecule has 1 heterocycles. The highest BCUT2D eigenvalue weighted by atomic mass is 16.6. The third-order valence-corrected chi connectivity index (χ3v) is 1.33. The highest BCUT2D eigenvalue weighted by Crippen LogP contribution is 2.16. The van der Waals surface area contributed by atoms with Gasteiger partial charge in [0.1, 0.15) is 18.6 Å². The Balaban J connectivity index is 2.64. The summed E-state index contributed by atoms with van der Waals surface area (Å²) in [4.78, 5) is 10.4. The lowest BCUT2D eigenvalue weighted by molar-refractivity contribution is -0.131. The summed E-state index contributed by atoms with van der Waals surface area (Å²) in [6, 6.07) is 0. The van der Waals surface area contributed by atoms with Crippen molar-refractivity contribution in [3.05, 3.63) is 12.0 Å². The van der Waals surface area contributed by atoms with Crippen LogP contribution in [0.2, 0.25) is 0 Å². The molecule has 0 spiro atoms. The Hall–Kier alpha value is -0.990. The molecule has 1 rings (SSSR count). The number of rotatable bonds is 1. The van der Waals surface area contributed by atoms with Gasteiger partial charge in [-0.15, -0.1) is 0 Å². The van der Waals surface area contributed by atoms with Crippen LogP contribution in [0.25, 0.3) is 0 Å². The van der Waals surface area contributed by atoms with Crippen molar-refractivity contribution in [2.75, 3.05) is 6.61 Å². The molecule has 1 aliphatic heterocycles. The van der Waals surface area contributed by atoms with Gasteiger partial charge >= 0.3 is 0 Å². The van der Waals surface area contributed by atoms with Crippen LogP contribution >= 0.6 is 0 Å². The van der Waals surface area contributed by atoms with Crippen molar-refractivity contribution in [1.82, 2.24) is 0 Å². The molecule has 0 amide bonds. The number of hydrogen-bond donors (Lipinski definition) is 0. The Morgan fingerprint density at radius 2 is 2.50 bits per heavy atom. The van der Waals surface area contributed by atoms with Crippen LogP contribution in [0.3, 0.4) is 0 Å². The van der Waals surface area contributed by atoms with Gasteiger partial charge in [0, 0.05) is 0 Å². The molecule has 3 heteroatoms. The van der Waals surface area contributed by atoms with Gasteiger partial charge in [-0.1, -0.05) is 0 Å². The summed E-state index contributed by atoms with van der Waals surface area (Å²) in [6.07, 6.45) is 2.20. The first-order chi connectivity index (χ1) is 4.66. The molecule has 0 radical (unpaired) electrons. The van der Waals surface area contributed by atoms with Crippen molar-refractivity contribution < 1.29 is 14.3 Å². The average molecular weight is 142 g/mol. The summed E-state index contributed by atoms with van der Waals surface area (Å²) < 4.78 is 10.2. The topological polar surface area (TPSA) is 35.5 Å². The molecule has 0 unspecified atom stereocenters. The van der Waals surface area contributed by atoms with Crippen LogP contribution in [0, 0.1) is 0 Å². The monoisotopic (exact) mass is 142 g/mol. The smallest absolute Gasteiger partial charge is 0.194 e. The highest BCUT2D eigenvalue weighted by molar-refractivity contribution is 5.62. The molecular formula is C7H10O3. The van der Waals surface area contributed by atoms with E-state index >= 15 is 0 Å². The lowest BCUT2D eigenvalue weighted by atomic mass is 10.1. The van der Waals surface area contributed by atoms with Gasteiger partial charge < -0.3 is 9.47 Å². The third-order valence-electron chi connectivity index (χ3n) is 1.33. The molecule has 0 fully saturated rings. The van der Waals surface area contributed by atoms with E-state index in [0.29, 0.717) is 12.4 Å². The molecule has 1 aliphatic rings. The van der Waals surface area contributed by atoms with Crippen molar-refractivity contribution in [3.8, 4) is 0 Å². The molecule has 0 saturated heterocycles. The van der Waals surface area contributed by atoms with E-state index in [1.54, 1.807) is 13.8 Å². The highest BCUT2D eigenvalue weighted by Gasteiger charge is 2.28. The standard InChI is InChI=1S/C7H10O3/c1-6-3-10-7(2,4-8)5-9-6/h3-4H,5H2,1-2H3/t7-/m1/s1. The fraction of sp³-hybridized carbons (Fsp3) is 0.571. The minimum Gasteiger partial charge on any atom is -0.490 e. The van der Waals surface area contributed by atoms with E-state index < -0.39 is 5.60 Å². The summed E-state index contributed by atoms with van der Waals surface area (Å²) in [5.74, 6) is 0.708. The normalized spacial score (nSPS) is 31.6. The summed E-state index contributed by atoms with van der Waals surface area (Å²) in [5.41, 5.74) is -0.778. The number of hydrogen-bond acceptors (Lipinski definition) is 3. The van der Waals surface area contributed by atoms with Gasteiger partial charge in [0.25, 0.3) is 0 Å². The third kappa shape index (κ3) is 1.29.